The number of thioether (sulfide) groups is 1. The van der Waals surface area contributed by atoms with Crippen molar-refractivity contribution in [3.8, 4) is 0 Å². The van der Waals surface area contributed by atoms with Gasteiger partial charge in [0.25, 0.3) is 5.91 Å². The van der Waals surface area contributed by atoms with Crippen LogP contribution in [0.3, 0.4) is 0 Å². The van der Waals surface area contributed by atoms with E-state index in [1.54, 1.807) is 42.4 Å². The molecule has 0 spiro atoms. The average Bonchev–Trinajstić information content (AvgIpc) is 3.12. The molecule has 0 aliphatic carbocycles. The number of aromatic nitrogens is 3. The lowest BCUT2D eigenvalue weighted by atomic mass is 10.1. The fourth-order valence-corrected chi connectivity index (χ4v) is 3.09. The lowest BCUT2D eigenvalue weighted by molar-refractivity contribution is 0.0696. The molecule has 2 aromatic carbocycles. The number of aromatic carboxylic acids is 1. The van der Waals surface area contributed by atoms with E-state index in [0.717, 1.165) is 16.5 Å². The van der Waals surface area contributed by atoms with Crippen LogP contribution in [0.2, 0.25) is 0 Å². The minimum absolute atomic E-state index is 0.193. The molecule has 0 saturated carbocycles. The molecule has 1 heterocycles. The van der Waals surface area contributed by atoms with Gasteiger partial charge >= 0.3 is 5.97 Å². The molecule has 0 unspecified atom stereocenters. The van der Waals surface area contributed by atoms with E-state index >= 15 is 0 Å². The molecular formula is C19H17N5O3S. The highest BCUT2D eigenvalue weighted by Crippen LogP contribution is 2.20. The summed E-state index contributed by atoms with van der Waals surface area (Å²) in [5.41, 5.74) is 4.88. The molecule has 1 amide bonds. The van der Waals surface area contributed by atoms with E-state index < -0.39 is 5.97 Å². The summed E-state index contributed by atoms with van der Waals surface area (Å²) in [5, 5.41) is 21.4. The van der Waals surface area contributed by atoms with Crippen LogP contribution in [0.15, 0.2) is 65.1 Å². The number of carboxylic acid groups (broad SMARTS) is 1. The van der Waals surface area contributed by atoms with Gasteiger partial charge in [-0.15, -0.1) is 10.2 Å². The van der Waals surface area contributed by atoms with Crippen LogP contribution in [0, 0.1) is 0 Å². The van der Waals surface area contributed by atoms with Crippen LogP contribution in [0.25, 0.3) is 0 Å². The zero-order chi connectivity index (χ0) is 19.9. The summed E-state index contributed by atoms with van der Waals surface area (Å²) in [6, 6.07) is 13.4. The largest absolute Gasteiger partial charge is 0.478 e. The maximum atomic E-state index is 12.1. The Balaban J connectivity index is 1.52. The van der Waals surface area contributed by atoms with E-state index in [-0.39, 0.29) is 11.5 Å². The van der Waals surface area contributed by atoms with Crippen molar-refractivity contribution in [3.63, 3.8) is 0 Å². The van der Waals surface area contributed by atoms with Gasteiger partial charge in [0.15, 0.2) is 5.16 Å². The van der Waals surface area contributed by atoms with Gasteiger partial charge in [-0.2, -0.15) is 5.10 Å². The van der Waals surface area contributed by atoms with Gasteiger partial charge in [0.1, 0.15) is 6.33 Å². The van der Waals surface area contributed by atoms with Crippen LogP contribution >= 0.6 is 11.8 Å². The van der Waals surface area contributed by atoms with Crippen LogP contribution in [0.4, 0.5) is 0 Å². The van der Waals surface area contributed by atoms with E-state index in [1.165, 1.54) is 18.3 Å². The van der Waals surface area contributed by atoms with Crippen molar-refractivity contribution >= 4 is 29.9 Å². The summed E-state index contributed by atoms with van der Waals surface area (Å²) < 4.78 is 1.85. The second kappa shape index (κ2) is 8.96. The number of benzene rings is 2. The third-order valence-electron chi connectivity index (χ3n) is 3.79. The summed E-state index contributed by atoms with van der Waals surface area (Å²) >= 11 is 1.56. The molecular weight excluding hydrogens is 378 g/mol. The summed E-state index contributed by atoms with van der Waals surface area (Å²) in [4.78, 5) is 23.0. The zero-order valence-electron chi connectivity index (χ0n) is 14.9. The van der Waals surface area contributed by atoms with Crippen molar-refractivity contribution in [1.82, 2.24) is 20.2 Å². The average molecular weight is 395 g/mol. The molecule has 0 atom stereocenters. The fourth-order valence-electron chi connectivity index (χ4n) is 2.25. The topological polar surface area (TPSA) is 109 Å². The summed E-state index contributed by atoms with van der Waals surface area (Å²) in [6.45, 7) is 0. The maximum absolute atomic E-state index is 12.1. The number of nitrogens with zero attached hydrogens (tertiary/aromatic N) is 4. The van der Waals surface area contributed by atoms with Gasteiger partial charge in [0.05, 0.1) is 11.8 Å². The third-order valence-corrected chi connectivity index (χ3v) is 4.90. The number of aryl methyl sites for hydroxylation is 1. The highest BCUT2D eigenvalue weighted by Gasteiger charge is 2.06. The summed E-state index contributed by atoms with van der Waals surface area (Å²) in [7, 11) is 1.89. The number of nitrogens with one attached hydrogen (secondary N) is 1. The van der Waals surface area contributed by atoms with Gasteiger partial charge in [-0.05, 0) is 35.4 Å². The molecule has 1 aromatic heterocycles. The second-order valence-electron chi connectivity index (χ2n) is 5.84. The van der Waals surface area contributed by atoms with Gasteiger partial charge in [-0.3, -0.25) is 4.79 Å². The van der Waals surface area contributed by atoms with Gasteiger partial charge in [-0.25, -0.2) is 10.2 Å². The Hall–Kier alpha value is -3.46. The van der Waals surface area contributed by atoms with Crippen LogP contribution in [0.1, 0.15) is 31.8 Å². The second-order valence-corrected chi connectivity index (χ2v) is 6.78. The van der Waals surface area contributed by atoms with Gasteiger partial charge < -0.3 is 9.67 Å². The van der Waals surface area contributed by atoms with Crippen molar-refractivity contribution in [3.05, 3.63) is 77.1 Å². The predicted molar refractivity (Wildman–Crippen MR) is 105 cm³/mol. The highest BCUT2D eigenvalue weighted by molar-refractivity contribution is 7.98. The number of hydrogen-bond acceptors (Lipinski definition) is 6. The predicted octanol–water partition coefficient (Wildman–Crippen LogP) is 2.57. The van der Waals surface area contributed by atoms with Gasteiger partial charge in [0, 0.05) is 18.4 Å². The first-order chi connectivity index (χ1) is 13.5. The molecule has 142 valence electrons. The van der Waals surface area contributed by atoms with E-state index in [1.807, 2.05) is 23.7 Å². The molecule has 2 N–H and O–H groups in total. The molecule has 8 nitrogen and oxygen atoms in total. The Morgan fingerprint density at radius 2 is 1.82 bits per heavy atom. The SMILES string of the molecule is Cn1cnnc1SCc1ccc(C(=O)N/N=C\c2ccc(C(=O)O)cc2)cc1. The molecule has 0 fully saturated rings. The molecule has 3 aromatic rings. The first-order valence-corrected chi connectivity index (χ1v) is 9.24. The molecule has 0 radical (unpaired) electrons. The zero-order valence-corrected chi connectivity index (χ0v) is 15.8. The summed E-state index contributed by atoms with van der Waals surface area (Å²) in [6.07, 6.45) is 3.10. The van der Waals surface area contributed by atoms with E-state index in [0.29, 0.717) is 11.1 Å². The molecule has 0 bridgehead atoms. The Labute approximate surface area is 165 Å². The lowest BCUT2D eigenvalue weighted by Gasteiger charge is -2.03. The highest BCUT2D eigenvalue weighted by atomic mass is 32.2. The Kier molecular flexibility index (Phi) is 6.18. The first-order valence-electron chi connectivity index (χ1n) is 8.25. The van der Waals surface area contributed by atoms with Crippen LogP contribution in [0.5, 0.6) is 0 Å². The fraction of sp³-hybridized carbons (Fsp3) is 0.105. The van der Waals surface area contributed by atoms with Crippen molar-refractivity contribution in [2.45, 2.75) is 10.9 Å². The van der Waals surface area contributed by atoms with Crippen LogP contribution in [-0.4, -0.2) is 38.0 Å². The van der Waals surface area contributed by atoms with Crippen molar-refractivity contribution in [2.24, 2.45) is 12.1 Å². The molecule has 0 aliphatic heterocycles. The Bertz CT molecular complexity index is 997. The normalized spacial score (nSPS) is 10.9. The number of hydrazone groups is 1. The smallest absolute Gasteiger partial charge is 0.335 e. The van der Waals surface area contributed by atoms with Crippen molar-refractivity contribution < 1.29 is 14.7 Å². The van der Waals surface area contributed by atoms with E-state index in [2.05, 4.69) is 20.7 Å². The molecule has 0 aliphatic rings. The quantitative estimate of drug-likeness (QED) is 0.361. The summed E-state index contributed by atoms with van der Waals surface area (Å²) in [5.74, 6) is -0.597. The molecule has 0 saturated heterocycles. The van der Waals surface area contributed by atoms with Gasteiger partial charge in [-0.1, -0.05) is 36.0 Å². The third kappa shape index (κ3) is 5.04. The Morgan fingerprint density at radius 3 is 2.43 bits per heavy atom. The number of rotatable bonds is 7. The van der Waals surface area contributed by atoms with Crippen molar-refractivity contribution in [1.29, 1.82) is 0 Å². The van der Waals surface area contributed by atoms with Crippen LogP contribution < -0.4 is 5.43 Å². The molecule has 28 heavy (non-hydrogen) atoms. The standard InChI is InChI=1S/C19H17N5O3S/c1-24-12-21-23-19(24)28-11-14-4-6-15(7-5-14)17(25)22-20-10-13-2-8-16(9-3-13)18(26)27/h2-10,12H,11H2,1H3,(H,22,25)(H,26,27)/b20-10-. The first kappa shape index (κ1) is 19.3. The maximum Gasteiger partial charge on any atom is 0.335 e. The number of hydrogen-bond donors (Lipinski definition) is 2. The monoisotopic (exact) mass is 395 g/mol. The van der Waals surface area contributed by atoms with Crippen molar-refractivity contribution in [2.75, 3.05) is 0 Å². The van der Waals surface area contributed by atoms with E-state index in [4.69, 9.17) is 5.11 Å². The number of amides is 1. The minimum atomic E-state index is -0.991. The number of carbonyl (C=O) groups excluding carboxylic acids is 1. The minimum Gasteiger partial charge on any atom is -0.478 e. The molecule has 3 rings (SSSR count). The lowest BCUT2D eigenvalue weighted by Crippen LogP contribution is -2.17. The number of carboxylic acids is 1. The van der Waals surface area contributed by atoms with Gasteiger partial charge in [0.2, 0.25) is 0 Å². The Morgan fingerprint density at radius 1 is 1.14 bits per heavy atom. The van der Waals surface area contributed by atoms with E-state index in [9.17, 15) is 9.59 Å². The number of carbonyl (C=O) groups is 2. The van der Waals surface area contributed by atoms with Crippen LogP contribution in [-0.2, 0) is 12.8 Å². The molecule has 9 heteroatoms.